The molecule has 3 heteroatoms. The van der Waals surface area contributed by atoms with Crippen molar-refractivity contribution in [2.45, 2.75) is 6.92 Å². The molecule has 86 valence electrons. The van der Waals surface area contributed by atoms with Crippen LogP contribution in [0.15, 0.2) is 41.8 Å². The first-order chi connectivity index (χ1) is 8.16. The first-order valence-corrected chi connectivity index (χ1v) is 6.44. The molecule has 0 N–H and O–H groups in total. The maximum Gasteiger partial charge on any atom is 0.185 e. The van der Waals surface area contributed by atoms with Gasteiger partial charge in [-0.1, -0.05) is 11.6 Å². The molecule has 17 heavy (non-hydrogen) atoms. The first kappa shape index (κ1) is 12.1. The number of aryl methyl sites for hydroxylation is 1. The van der Waals surface area contributed by atoms with Crippen molar-refractivity contribution >= 4 is 34.8 Å². The molecule has 0 saturated carbocycles. The Morgan fingerprint density at radius 2 is 1.94 bits per heavy atom. The van der Waals surface area contributed by atoms with Crippen molar-refractivity contribution in [1.29, 1.82) is 0 Å². The molecule has 0 radical (unpaired) electrons. The number of hydrogen-bond donors (Lipinski definition) is 0. The fraction of sp³-hybridized carbons (Fsp3) is 0.0714. The van der Waals surface area contributed by atoms with Crippen LogP contribution >= 0.6 is 22.9 Å². The molecule has 1 aromatic carbocycles. The van der Waals surface area contributed by atoms with Crippen LogP contribution in [0.4, 0.5) is 0 Å². The highest BCUT2D eigenvalue weighted by molar-refractivity contribution is 7.11. The lowest BCUT2D eigenvalue weighted by atomic mass is 10.1. The van der Waals surface area contributed by atoms with E-state index in [2.05, 4.69) is 0 Å². The van der Waals surface area contributed by atoms with E-state index in [1.54, 1.807) is 41.7 Å². The van der Waals surface area contributed by atoms with E-state index >= 15 is 0 Å². The predicted octanol–water partition coefficient (Wildman–Crippen LogP) is 4.61. The summed E-state index contributed by atoms with van der Waals surface area (Å²) >= 11 is 7.40. The number of halogens is 1. The van der Waals surface area contributed by atoms with Crippen LogP contribution in [0.1, 0.15) is 20.8 Å². The van der Waals surface area contributed by atoms with Gasteiger partial charge in [-0.2, -0.15) is 0 Å². The summed E-state index contributed by atoms with van der Waals surface area (Å²) in [4.78, 5) is 13.0. The first-order valence-electron chi connectivity index (χ1n) is 5.19. The maximum absolute atomic E-state index is 11.8. The Labute approximate surface area is 109 Å². The highest BCUT2D eigenvalue weighted by atomic mass is 35.5. The van der Waals surface area contributed by atoms with E-state index < -0.39 is 0 Å². The fourth-order valence-electron chi connectivity index (χ4n) is 1.42. The summed E-state index contributed by atoms with van der Waals surface area (Å²) in [5.41, 5.74) is 1.84. The van der Waals surface area contributed by atoms with Crippen LogP contribution in [-0.2, 0) is 0 Å². The standard InChI is InChI=1S/C14H11ClOS/c1-10-8-9-17-14(10)7-6-13(16)11-2-4-12(15)5-3-11/h2-9H,1H3/b7-6+. The van der Waals surface area contributed by atoms with Gasteiger partial charge in [0.2, 0.25) is 0 Å². The summed E-state index contributed by atoms with van der Waals surface area (Å²) in [6, 6.07) is 8.95. The molecular weight excluding hydrogens is 252 g/mol. The fourth-order valence-corrected chi connectivity index (χ4v) is 2.36. The molecule has 0 unspecified atom stereocenters. The van der Waals surface area contributed by atoms with Gasteiger partial charge in [0.15, 0.2) is 5.78 Å². The molecule has 1 heterocycles. The quantitative estimate of drug-likeness (QED) is 0.583. The van der Waals surface area contributed by atoms with Crippen molar-refractivity contribution in [3.05, 3.63) is 62.8 Å². The Bertz CT molecular complexity index is 552. The minimum Gasteiger partial charge on any atom is -0.289 e. The van der Waals surface area contributed by atoms with Crippen molar-refractivity contribution in [3.8, 4) is 0 Å². The Balaban J connectivity index is 2.14. The molecule has 0 fully saturated rings. The van der Waals surface area contributed by atoms with Crippen molar-refractivity contribution < 1.29 is 4.79 Å². The smallest absolute Gasteiger partial charge is 0.185 e. The van der Waals surface area contributed by atoms with Gasteiger partial charge in [0.1, 0.15) is 0 Å². The monoisotopic (exact) mass is 262 g/mol. The minimum atomic E-state index is -0.00512. The Morgan fingerprint density at radius 3 is 2.53 bits per heavy atom. The molecule has 0 aliphatic rings. The summed E-state index contributed by atoms with van der Waals surface area (Å²) in [7, 11) is 0. The topological polar surface area (TPSA) is 17.1 Å². The van der Waals surface area contributed by atoms with Gasteiger partial charge < -0.3 is 0 Å². The lowest BCUT2D eigenvalue weighted by Crippen LogP contribution is -1.92. The maximum atomic E-state index is 11.8. The summed E-state index contributed by atoms with van der Waals surface area (Å²) in [6.07, 6.45) is 3.46. The summed E-state index contributed by atoms with van der Waals surface area (Å²) in [5, 5.41) is 2.65. The molecule has 2 rings (SSSR count). The van der Waals surface area contributed by atoms with Gasteiger partial charge in [-0.3, -0.25) is 4.79 Å². The molecule has 0 saturated heterocycles. The molecule has 0 amide bonds. The number of carbonyl (C=O) groups is 1. The van der Waals surface area contributed by atoms with E-state index in [1.165, 1.54) is 5.56 Å². The molecule has 0 aliphatic heterocycles. The summed E-state index contributed by atoms with van der Waals surface area (Å²) in [5.74, 6) is -0.00512. The van der Waals surface area contributed by atoms with Crippen molar-refractivity contribution in [2.75, 3.05) is 0 Å². The summed E-state index contributed by atoms with van der Waals surface area (Å²) in [6.45, 7) is 2.03. The van der Waals surface area contributed by atoms with Gasteiger partial charge in [0, 0.05) is 15.5 Å². The lowest BCUT2D eigenvalue weighted by molar-refractivity contribution is 0.104. The number of benzene rings is 1. The molecule has 0 aliphatic carbocycles. The SMILES string of the molecule is Cc1ccsc1/C=C/C(=O)c1ccc(Cl)cc1. The van der Waals surface area contributed by atoms with Gasteiger partial charge in [-0.15, -0.1) is 11.3 Å². The van der Waals surface area contributed by atoms with Crippen LogP contribution in [0.2, 0.25) is 5.02 Å². The van der Waals surface area contributed by atoms with Gasteiger partial charge in [0.25, 0.3) is 0 Å². The summed E-state index contributed by atoms with van der Waals surface area (Å²) < 4.78 is 0. The van der Waals surface area contributed by atoms with E-state index in [-0.39, 0.29) is 5.78 Å². The van der Waals surface area contributed by atoms with Gasteiger partial charge in [-0.25, -0.2) is 0 Å². The average molecular weight is 263 g/mol. The van der Waals surface area contributed by atoms with Crippen LogP contribution in [-0.4, -0.2) is 5.78 Å². The molecule has 1 nitrogen and oxygen atoms in total. The number of allylic oxidation sites excluding steroid dienone is 1. The van der Waals surface area contributed by atoms with Crippen LogP contribution in [0, 0.1) is 6.92 Å². The highest BCUT2D eigenvalue weighted by Crippen LogP contribution is 2.18. The van der Waals surface area contributed by atoms with E-state index in [4.69, 9.17) is 11.6 Å². The van der Waals surface area contributed by atoms with Crippen LogP contribution in [0.3, 0.4) is 0 Å². The van der Waals surface area contributed by atoms with Gasteiger partial charge in [-0.05, 0) is 60.4 Å². The Kier molecular flexibility index (Phi) is 3.77. The Morgan fingerprint density at radius 1 is 1.24 bits per heavy atom. The zero-order valence-electron chi connectivity index (χ0n) is 9.31. The third kappa shape index (κ3) is 3.05. The zero-order chi connectivity index (χ0) is 12.3. The van der Waals surface area contributed by atoms with Crippen molar-refractivity contribution in [1.82, 2.24) is 0 Å². The predicted molar refractivity (Wildman–Crippen MR) is 73.9 cm³/mol. The largest absolute Gasteiger partial charge is 0.289 e. The molecule has 2 aromatic rings. The number of thiophene rings is 1. The average Bonchev–Trinajstić information content (AvgIpc) is 2.73. The van der Waals surface area contributed by atoms with Crippen LogP contribution in [0.25, 0.3) is 6.08 Å². The zero-order valence-corrected chi connectivity index (χ0v) is 10.9. The second kappa shape index (κ2) is 5.30. The molecule has 0 spiro atoms. The lowest BCUT2D eigenvalue weighted by Gasteiger charge is -1.95. The minimum absolute atomic E-state index is 0.00512. The third-order valence-corrected chi connectivity index (χ3v) is 3.65. The van der Waals surface area contributed by atoms with E-state index in [0.29, 0.717) is 10.6 Å². The molecule has 0 atom stereocenters. The van der Waals surface area contributed by atoms with Gasteiger partial charge >= 0.3 is 0 Å². The number of rotatable bonds is 3. The number of carbonyl (C=O) groups excluding carboxylic acids is 1. The van der Waals surface area contributed by atoms with Gasteiger partial charge in [0.05, 0.1) is 0 Å². The highest BCUT2D eigenvalue weighted by Gasteiger charge is 2.01. The number of hydrogen-bond acceptors (Lipinski definition) is 2. The third-order valence-electron chi connectivity index (χ3n) is 2.42. The van der Waals surface area contributed by atoms with Crippen LogP contribution in [0.5, 0.6) is 0 Å². The molecule has 0 bridgehead atoms. The number of ketones is 1. The van der Waals surface area contributed by atoms with Crippen molar-refractivity contribution in [2.24, 2.45) is 0 Å². The van der Waals surface area contributed by atoms with E-state index in [9.17, 15) is 4.79 Å². The Hall–Kier alpha value is -1.38. The second-order valence-corrected chi connectivity index (χ2v) is 5.06. The second-order valence-electron chi connectivity index (χ2n) is 3.67. The van der Waals surface area contributed by atoms with Crippen LogP contribution < -0.4 is 0 Å². The van der Waals surface area contributed by atoms with Crippen molar-refractivity contribution in [3.63, 3.8) is 0 Å². The molecular formula is C14H11ClOS. The normalized spacial score (nSPS) is 10.9. The van der Waals surface area contributed by atoms with E-state index in [0.717, 1.165) is 4.88 Å². The molecule has 1 aromatic heterocycles. The van der Waals surface area contributed by atoms with E-state index in [1.807, 2.05) is 24.4 Å².